The average molecular weight is 895 g/mol. The van der Waals surface area contributed by atoms with Gasteiger partial charge in [-0.3, -0.25) is 0 Å². The number of nitrogens with zero attached hydrogens (tertiary/aromatic N) is 2. The van der Waals surface area contributed by atoms with Gasteiger partial charge in [0.1, 0.15) is 11.2 Å². The Balaban J connectivity index is 1.01. The Bertz CT molecular complexity index is 3630. The molecule has 0 atom stereocenters. The monoisotopic (exact) mass is 894 g/mol. The molecular weight excluding hydrogens is 837 g/mol. The molecule has 0 aliphatic heterocycles. The van der Waals surface area contributed by atoms with Crippen molar-refractivity contribution in [2.24, 2.45) is 0 Å². The van der Waals surface area contributed by atoms with E-state index in [1.165, 1.54) is 49.7 Å². The van der Waals surface area contributed by atoms with Crippen LogP contribution in [0.25, 0.3) is 65.7 Å². The molecule has 338 valence electrons. The van der Waals surface area contributed by atoms with Crippen LogP contribution in [-0.4, -0.2) is 0 Å². The van der Waals surface area contributed by atoms with E-state index in [4.69, 9.17) is 4.42 Å². The third-order valence-corrected chi connectivity index (χ3v) is 13.9. The van der Waals surface area contributed by atoms with Gasteiger partial charge in [0.05, 0.1) is 11.4 Å². The van der Waals surface area contributed by atoms with E-state index in [9.17, 15) is 0 Å². The summed E-state index contributed by atoms with van der Waals surface area (Å²) in [5, 5.41) is 6.81. The normalized spacial score (nSPS) is 12.0. The van der Waals surface area contributed by atoms with Crippen LogP contribution in [0.1, 0.15) is 77.0 Å². The quantitative estimate of drug-likeness (QED) is 0.136. The number of benzene rings is 10. The number of hydrogen-bond donors (Lipinski definition) is 0. The van der Waals surface area contributed by atoms with Crippen molar-refractivity contribution < 1.29 is 4.42 Å². The van der Waals surface area contributed by atoms with Crippen LogP contribution in [0.5, 0.6) is 0 Å². The van der Waals surface area contributed by atoms with Crippen molar-refractivity contribution in [1.29, 1.82) is 0 Å². The summed E-state index contributed by atoms with van der Waals surface area (Å²) < 4.78 is 6.83. The fraction of sp³-hybridized carbons (Fsp3) is 0.152. The second kappa shape index (κ2) is 17.6. The molecule has 3 nitrogen and oxygen atoms in total. The van der Waals surface area contributed by atoms with Gasteiger partial charge in [-0.1, -0.05) is 176 Å². The van der Waals surface area contributed by atoms with E-state index in [0.717, 1.165) is 66.8 Å². The highest BCUT2D eigenvalue weighted by atomic mass is 16.3. The van der Waals surface area contributed by atoms with Crippen LogP contribution in [0.3, 0.4) is 0 Å². The van der Waals surface area contributed by atoms with Gasteiger partial charge in [-0.05, 0) is 152 Å². The molecule has 11 aromatic rings. The van der Waals surface area contributed by atoms with Gasteiger partial charge in [0.25, 0.3) is 0 Å². The summed E-state index contributed by atoms with van der Waals surface area (Å²) in [5.74, 6) is 0.947. The van der Waals surface area contributed by atoms with E-state index in [2.05, 4.69) is 271 Å². The van der Waals surface area contributed by atoms with Crippen molar-refractivity contribution >= 4 is 77.6 Å². The fourth-order valence-corrected chi connectivity index (χ4v) is 9.98. The van der Waals surface area contributed by atoms with Crippen molar-refractivity contribution in [1.82, 2.24) is 0 Å². The van der Waals surface area contributed by atoms with Crippen LogP contribution in [0.15, 0.2) is 217 Å². The summed E-state index contributed by atoms with van der Waals surface area (Å²) in [6.45, 7) is 15.8. The average Bonchev–Trinajstić information content (AvgIpc) is 3.71. The minimum Gasteiger partial charge on any atom is -0.456 e. The molecule has 1 aromatic heterocycles. The van der Waals surface area contributed by atoms with E-state index in [-0.39, 0.29) is 5.41 Å². The lowest BCUT2D eigenvalue weighted by Gasteiger charge is -2.29. The van der Waals surface area contributed by atoms with Gasteiger partial charge >= 0.3 is 0 Å². The number of anilines is 6. The molecular formula is C66H58N2O. The smallest absolute Gasteiger partial charge is 0.136 e. The fourth-order valence-electron chi connectivity index (χ4n) is 9.98. The first kappa shape index (κ1) is 43.7. The number of para-hydroxylation sites is 3. The topological polar surface area (TPSA) is 19.6 Å². The molecule has 0 saturated heterocycles. The molecule has 1 heterocycles. The SMILES string of the molecule is CC(C)c1ccc(-c2ccccc2N(c2ccccc2)c2ccc3cc4c(cc3c2)oc2cc3cc(N(c5ccc(C(C)(C)C)cc5)c5ccccc5-c5ccc(C(C)C)cc5)ccc3cc24)cc1. The van der Waals surface area contributed by atoms with Gasteiger partial charge in [0.15, 0.2) is 0 Å². The lowest BCUT2D eigenvalue weighted by atomic mass is 9.87. The Morgan fingerprint density at radius 1 is 0.362 bits per heavy atom. The van der Waals surface area contributed by atoms with Crippen molar-refractivity contribution in [3.63, 3.8) is 0 Å². The van der Waals surface area contributed by atoms with Gasteiger partial charge in [-0.25, -0.2) is 0 Å². The molecule has 0 spiro atoms. The zero-order valence-electron chi connectivity index (χ0n) is 40.7. The highest BCUT2D eigenvalue weighted by molar-refractivity contribution is 6.14. The maximum absolute atomic E-state index is 6.83. The van der Waals surface area contributed by atoms with Crippen LogP contribution < -0.4 is 9.80 Å². The molecule has 11 rings (SSSR count). The summed E-state index contributed by atoms with van der Waals surface area (Å²) in [7, 11) is 0. The van der Waals surface area contributed by atoms with Crippen LogP contribution >= 0.6 is 0 Å². The van der Waals surface area contributed by atoms with Crippen LogP contribution in [0.2, 0.25) is 0 Å². The molecule has 0 unspecified atom stereocenters. The van der Waals surface area contributed by atoms with Gasteiger partial charge in [-0.2, -0.15) is 0 Å². The summed E-state index contributed by atoms with van der Waals surface area (Å²) in [6.07, 6.45) is 0. The summed E-state index contributed by atoms with van der Waals surface area (Å²) in [4.78, 5) is 4.78. The Hall–Kier alpha value is -7.88. The van der Waals surface area contributed by atoms with Crippen LogP contribution in [0.4, 0.5) is 34.1 Å². The first-order valence-corrected chi connectivity index (χ1v) is 24.5. The van der Waals surface area contributed by atoms with Crippen LogP contribution in [-0.2, 0) is 5.41 Å². The second-order valence-corrected chi connectivity index (χ2v) is 20.3. The molecule has 0 amide bonds. The van der Waals surface area contributed by atoms with Crippen molar-refractivity contribution in [3.05, 3.63) is 229 Å². The third kappa shape index (κ3) is 8.33. The maximum Gasteiger partial charge on any atom is 0.136 e. The molecule has 10 aromatic carbocycles. The molecule has 0 bridgehead atoms. The largest absolute Gasteiger partial charge is 0.456 e. The van der Waals surface area contributed by atoms with Crippen LogP contribution in [0, 0.1) is 0 Å². The van der Waals surface area contributed by atoms with Crippen molar-refractivity contribution in [2.75, 3.05) is 9.80 Å². The third-order valence-electron chi connectivity index (χ3n) is 13.9. The first-order chi connectivity index (χ1) is 33.5. The minimum atomic E-state index is 0.0456. The Labute approximate surface area is 406 Å². The zero-order chi connectivity index (χ0) is 47.4. The van der Waals surface area contributed by atoms with Gasteiger partial charge in [0.2, 0.25) is 0 Å². The lowest BCUT2D eigenvalue weighted by Crippen LogP contribution is -2.13. The van der Waals surface area contributed by atoms with E-state index in [1.807, 2.05) is 0 Å². The van der Waals surface area contributed by atoms with Crippen molar-refractivity contribution in [2.45, 2.75) is 65.7 Å². The summed E-state index contributed by atoms with van der Waals surface area (Å²) >= 11 is 0. The summed E-state index contributed by atoms with van der Waals surface area (Å²) in [5.41, 5.74) is 17.2. The predicted octanol–water partition coefficient (Wildman–Crippen LogP) is 19.7. The molecule has 3 heteroatoms. The second-order valence-electron chi connectivity index (χ2n) is 20.3. The highest BCUT2D eigenvalue weighted by Gasteiger charge is 2.22. The maximum atomic E-state index is 6.83. The van der Waals surface area contributed by atoms with E-state index in [0.29, 0.717) is 11.8 Å². The Morgan fingerprint density at radius 2 is 0.768 bits per heavy atom. The standard InChI is InChI=1S/C66H58N2O/c1-43(2)45-21-25-47(26-22-45)58-17-11-13-19-62(58)67(54-15-9-8-10-16-54)56-33-29-49-39-60-61-40-50-30-34-57(38-52(50)42-65(61)69-64(60)41-51(49)37-56)68(55-35-31-53(32-36-55)66(5,6)7)63-20-14-12-18-59(63)48-27-23-46(24-28-48)44(3)4/h8-44H,1-7H3. The van der Waals surface area contributed by atoms with Gasteiger partial charge in [0, 0.05) is 44.6 Å². The first-order valence-electron chi connectivity index (χ1n) is 24.5. The highest BCUT2D eigenvalue weighted by Crippen LogP contribution is 2.45. The number of fused-ring (bicyclic) bond motifs is 5. The molecule has 69 heavy (non-hydrogen) atoms. The minimum absolute atomic E-state index is 0.0456. The van der Waals surface area contributed by atoms with Crippen molar-refractivity contribution in [3.8, 4) is 22.3 Å². The van der Waals surface area contributed by atoms with Gasteiger partial charge < -0.3 is 14.2 Å². The molecule has 0 radical (unpaired) electrons. The molecule has 0 aliphatic rings. The van der Waals surface area contributed by atoms with E-state index < -0.39 is 0 Å². The molecule has 0 saturated carbocycles. The number of rotatable bonds is 10. The Kier molecular flexibility index (Phi) is 11.2. The summed E-state index contributed by atoms with van der Waals surface area (Å²) in [6, 6.07) is 78.1. The predicted molar refractivity (Wildman–Crippen MR) is 296 cm³/mol. The van der Waals surface area contributed by atoms with E-state index >= 15 is 0 Å². The van der Waals surface area contributed by atoms with Gasteiger partial charge in [-0.15, -0.1) is 0 Å². The molecule has 0 fully saturated rings. The molecule has 0 aliphatic carbocycles. The number of hydrogen-bond acceptors (Lipinski definition) is 3. The number of furan rings is 1. The van der Waals surface area contributed by atoms with E-state index in [1.54, 1.807) is 0 Å². The molecule has 0 N–H and O–H groups in total. The zero-order valence-corrected chi connectivity index (χ0v) is 40.7. The lowest BCUT2D eigenvalue weighted by molar-refractivity contribution is 0.590. The Morgan fingerprint density at radius 3 is 1.20 bits per heavy atom.